The topological polar surface area (TPSA) is 18.5 Å². The average Bonchev–Trinajstić information content (AvgIpc) is 2.57. The number of benzene rings is 1. The first kappa shape index (κ1) is 15.1. The molecule has 2 nitrogen and oxygen atoms in total. The van der Waals surface area contributed by atoms with Crippen LogP contribution < -0.4 is 9.47 Å². The van der Waals surface area contributed by atoms with Crippen molar-refractivity contribution < 1.29 is 9.47 Å². The van der Waals surface area contributed by atoms with Gasteiger partial charge >= 0.3 is 0 Å². The Balaban J connectivity index is 1.67. The minimum atomic E-state index is 0.0242. The molecule has 0 radical (unpaired) electrons. The molecule has 0 heterocycles. The first-order chi connectivity index (χ1) is 11.2. The lowest BCUT2D eigenvalue weighted by molar-refractivity contribution is -0.158. The monoisotopic (exact) mass is 312 g/mol. The van der Waals surface area contributed by atoms with Crippen molar-refractivity contribution in [2.75, 3.05) is 7.11 Å². The molecule has 0 N–H and O–H groups in total. The summed E-state index contributed by atoms with van der Waals surface area (Å²) in [6.45, 7) is 6.16. The normalized spacial score (nSPS) is 37.7. The Hall–Kier alpha value is -1.44. The second-order valence-electron chi connectivity index (χ2n) is 7.83. The lowest BCUT2D eigenvalue weighted by atomic mass is 9.49. The standard InChI is InChI=1S/C21H28O2/c1-4-14-6-7-19(20(13-14)22-3)23-21(5-2)17-9-15-8-16(11-17)12-18(21)10-15/h4,6-7,13,15-18H,1,5,8-12H2,2-3H3. The molecule has 4 fully saturated rings. The molecule has 0 atom stereocenters. The van der Waals surface area contributed by atoms with Crippen molar-refractivity contribution in [2.24, 2.45) is 23.7 Å². The van der Waals surface area contributed by atoms with Crippen LogP contribution in [0.5, 0.6) is 11.5 Å². The van der Waals surface area contributed by atoms with Crippen molar-refractivity contribution in [3.05, 3.63) is 30.3 Å². The van der Waals surface area contributed by atoms with E-state index in [1.165, 1.54) is 32.1 Å². The molecule has 1 aromatic carbocycles. The van der Waals surface area contributed by atoms with E-state index in [4.69, 9.17) is 9.47 Å². The van der Waals surface area contributed by atoms with Crippen molar-refractivity contribution in [3.8, 4) is 11.5 Å². The second-order valence-corrected chi connectivity index (χ2v) is 7.83. The maximum Gasteiger partial charge on any atom is 0.162 e. The van der Waals surface area contributed by atoms with Crippen LogP contribution in [-0.4, -0.2) is 12.7 Å². The van der Waals surface area contributed by atoms with E-state index >= 15 is 0 Å². The van der Waals surface area contributed by atoms with Gasteiger partial charge in [-0.05, 0) is 79.9 Å². The number of hydrogen-bond acceptors (Lipinski definition) is 2. The molecule has 2 heteroatoms. The Morgan fingerprint density at radius 2 is 1.74 bits per heavy atom. The summed E-state index contributed by atoms with van der Waals surface area (Å²) < 4.78 is 12.4. The first-order valence-corrected chi connectivity index (χ1v) is 9.18. The van der Waals surface area contributed by atoms with Crippen LogP contribution >= 0.6 is 0 Å². The zero-order chi connectivity index (χ0) is 16.0. The van der Waals surface area contributed by atoms with E-state index in [0.717, 1.165) is 47.2 Å². The van der Waals surface area contributed by atoms with E-state index in [-0.39, 0.29) is 5.60 Å². The Kier molecular flexibility index (Phi) is 3.66. The van der Waals surface area contributed by atoms with Crippen molar-refractivity contribution >= 4 is 6.08 Å². The summed E-state index contributed by atoms with van der Waals surface area (Å²) in [5.74, 6) is 5.13. The number of hydrogen-bond donors (Lipinski definition) is 0. The molecule has 4 saturated carbocycles. The fraction of sp³-hybridized carbons (Fsp3) is 0.619. The number of methoxy groups -OCH3 is 1. The Labute approximate surface area is 139 Å². The molecular formula is C21H28O2. The lowest BCUT2D eigenvalue weighted by Crippen LogP contribution is -2.60. The van der Waals surface area contributed by atoms with E-state index in [0.29, 0.717) is 0 Å². The zero-order valence-corrected chi connectivity index (χ0v) is 14.4. The summed E-state index contributed by atoms with van der Waals surface area (Å²) in [6.07, 6.45) is 9.91. The van der Waals surface area contributed by atoms with Gasteiger partial charge in [-0.25, -0.2) is 0 Å². The summed E-state index contributed by atoms with van der Waals surface area (Å²) in [4.78, 5) is 0. The van der Waals surface area contributed by atoms with E-state index in [9.17, 15) is 0 Å². The summed E-state index contributed by atoms with van der Waals surface area (Å²) in [5, 5.41) is 0. The maximum atomic E-state index is 6.79. The fourth-order valence-electron chi connectivity index (χ4n) is 5.90. The van der Waals surface area contributed by atoms with Crippen LogP contribution in [0, 0.1) is 23.7 Å². The summed E-state index contributed by atoms with van der Waals surface area (Å²) in [7, 11) is 1.73. The fourth-order valence-corrected chi connectivity index (χ4v) is 5.90. The molecule has 124 valence electrons. The van der Waals surface area contributed by atoms with Gasteiger partial charge in [0.2, 0.25) is 0 Å². The predicted octanol–water partition coefficient (Wildman–Crippen LogP) is 5.32. The van der Waals surface area contributed by atoms with Crippen LogP contribution in [0.4, 0.5) is 0 Å². The van der Waals surface area contributed by atoms with Gasteiger partial charge in [0, 0.05) is 0 Å². The highest BCUT2D eigenvalue weighted by atomic mass is 16.5. The van der Waals surface area contributed by atoms with Gasteiger partial charge in [-0.2, -0.15) is 0 Å². The molecule has 1 aromatic rings. The van der Waals surface area contributed by atoms with Gasteiger partial charge in [-0.15, -0.1) is 0 Å². The van der Waals surface area contributed by atoms with Crippen molar-refractivity contribution in [2.45, 2.75) is 51.0 Å². The van der Waals surface area contributed by atoms with Crippen molar-refractivity contribution in [1.29, 1.82) is 0 Å². The second kappa shape index (κ2) is 5.58. The molecule has 0 aliphatic heterocycles. The smallest absolute Gasteiger partial charge is 0.162 e. The van der Waals surface area contributed by atoms with Gasteiger partial charge in [0.15, 0.2) is 11.5 Å². The largest absolute Gasteiger partial charge is 0.493 e. The molecule has 4 aliphatic rings. The third-order valence-electron chi connectivity index (χ3n) is 6.80. The quantitative estimate of drug-likeness (QED) is 0.732. The highest BCUT2D eigenvalue weighted by molar-refractivity contribution is 5.54. The minimum absolute atomic E-state index is 0.0242. The summed E-state index contributed by atoms with van der Waals surface area (Å²) in [5.41, 5.74) is 1.10. The van der Waals surface area contributed by atoms with Crippen LogP contribution in [0.1, 0.15) is 51.0 Å². The Bertz CT molecular complexity index is 576. The van der Waals surface area contributed by atoms with Gasteiger partial charge < -0.3 is 9.47 Å². The molecule has 4 bridgehead atoms. The molecule has 0 aromatic heterocycles. The third kappa shape index (κ3) is 2.29. The van der Waals surface area contributed by atoms with Gasteiger partial charge in [-0.3, -0.25) is 0 Å². The molecule has 0 amide bonds. The minimum Gasteiger partial charge on any atom is -0.493 e. The Morgan fingerprint density at radius 1 is 1.09 bits per heavy atom. The molecule has 4 aliphatic carbocycles. The molecule has 23 heavy (non-hydrogen) atoms. The molecule has 0 saturated heterocycles. The first-order valence-electron chi connectivity index (χ1n) is 9.18. The van der Waals surface area contributed by atoms with Crippen molar-refractivity contribution in [1.82, 2.24) is 0 Å². The number of rotatable bonds is 5. The van der Waals surface area contributed by atoms with Crippen LogP contribution in [-0.2, 0) is 0 Å². The van der Waals surface area contributed by atoms with Crippen LogP contribution in [0.15, 0.2) is 24.8 Å². The zero-order valence-electron chi connectivity index (χ0n) is 14.4. The predicted molar refractivity (Wildman–Crippen MR) is 93.8 cm³/mol. The van der Waals surface area contributed by atoms with Gasteiger partial charge in [0.25, 0.3) is 0 Å². The summed E-state index contributed by atoms with van der Waals surface area (Å²) >= 11 is 0. The van der Waals surface area contributed by atoms with Gasteiger partial charge in [-0.1, -0.05) is 25.6 Å². The highest BCUT2D eigenvalue weighted by Crippen LogP contribution is 2.60. The molecule has 0 spiro atoms. The highest BCUT2D eigenvalue weighted by Gasteiger charge is 2.58. The SMILES string of the molecule is C=Cc1ccc(OC2(CC)C3CC4CC(C3)CC2C4)c(OC)c1. The van der Waals surface area contributed by atoms with Gasteiger partial charge in [0.1, 0.15) is 5.60 Å². The maximum absolute atomic E-state index is 6.79. The van der Waals surface area contributed by atoms with E-state index in [1.54, 1.807) is 7.11 Å². The van der Waals surface area contributed by atoms with Crippen molar-refractivity contribution in [3.63, 3.8) is 0 Å². The van der Waals surface area contributed by atoms with Crippen LogP contribution in [0.25, 0.3) is 6.08 Å². The lowest BCUT2D eigenvalue weighted by Gasteiger charge is -2.60. The Morgan fingerprint density at radius 3 is 2.26 bits per heavy atom. The van der Waals surface area contributed by atoms with E-state index in [2.05, 4.69) is 25.6 Å². The molecular weight excluding hydrogens is 284 g/mol. The molecule has 0 unspecified atom stereocenters. The van der Waals surface area contributed by atoms with Gasteiger partial charge in [0.05, 0.1) is 7.11 Å². The van der Waals surface area contributed by atoms with Crippen LogP contribution in [0.2, 0.25) is 0 Å². The van der Waals surface area contributed by atoms with E-state index in [1.807, 2.05) is 12.1 Å². The molecule has 5 rings (SSSR count). The average molecular weight is 312 g/mol. The summed E-state index contributed by atoms with van der Waals surface area (Å²) in [6, 6.07) is 6.17. The van der Waals surface area contributed by atoms with Crippen LogP contribution in [0.3, 0.4) is 0 Å². The number of ether oxygens (including phenoxy) is 2. The third-order valence-corrected chi connectivity index (χ3v) is 6.80. The van der Waals surface area contributed by atoms with E-state index < -0.39 is 0 Å².